The van der Waals surface area contributed by atoms with Gasteiger partial charge in [0.1, 0.15) is 23.1 Å². The topological polar surface area (TPSA) is 106 Å². The molecule has 7 nitrogen and oxygen atoms in total. The Bertz CT molecular complexity index is 1140. The molecule has 3 aromatic rings. The summed E-state index contributed by atoms with van der Waals surface area (Å²) < 4.78 is 17.2. The molecule has 0 amide bonds. The van der Waals surface area contributed by atoms with Crippen LogP contribution in [0.15, 0.2) is 60.0 Å². The van der Waals surface area contributed by atoms with E-state index in [2.05, 4.69) is 23.2 Å². The van der Waals surface area contributed by atoms with Crippen molar-refractivity contribution in [2.45, 2.75) is 26.2 Å². The van der Waals surface area contributed by atoms with E-state index in [4.69, 9.17) is 19.9 Å². The second-order valence-electron chi connectivity index (χ2n) is 7.09. The molecule has 0 unspecified atom stereocenters. The molecule has 1 aliphatic heterocycles. The van der Waals surface area contributed by atoms with Crippen LogP contribution in [0.2, 0.25) is 0 Å². The maximum Gasteiger partial charge on any atom is 0.244 e. The van der Waals surface area contributed by atoms with Gasteiger partial charge in [-0.25, -0.2) is 0 Å². The van der Waals surface area contributed by atoms with Crippen molar-refractivity contribution in [1.82, 2.24) is 10.2 Å². The zero-order valence-electron chi connectivity index (χ0n) is 17.5. The number of benzene rings is 2. The highest BCUT2D eigenvalue weighted by Crippen LogP contribution is 2.47. The fourth-order valence-corrected chi connectivity index (χ4v) is 3.72. The van der Waals surface area contributed by atoms with Crippen LogP contribution >= 0.6 is 0 Å². The van der Waals surface area contributed by atoms with Gasteiger partial charge in [-0.1, -0.05) is 25.1 Å². The molecule has 3 N–H and O–H groups in total. The fraction of sp³-hybridized carbons (Fsp3) is 0.250. The Morgan fingerprint density at radius 3 is 2.61 bits per heavy atom. The minimum Gasteiger partial charge on any atom is -0.494 e. The summed E-state index contributed by atoms with van der Waals surface area (Å²) in [6.45, 7) is 5.16. The molecule has 0 saturated carbocycles. The lowest BCUT2D eigenvalue weighted by molar-refractivity contribution is 0.317. The van der Waals surface area contributed by atoms with E-state index in [9.17, 15) is 5.26 Å². The van der Waals surface area contributed by atoms with Crippen LogP contribution in [0.4, 0.5) is 0 Å². The number of ether oxygens (including phenoxy) is 3. The van der Waals surface area contributed by atoms with Gasteiger partial charge >= 0.3 is 0 Å². The van der Waals surface area contributed by atoms with Gasteiger partial charge in [0.25, 0.3) is 0 Å². The molecule has 0 saturated heterocycles. The highest BCUT2D eigenvalue weighted by Gasteiger charge is 2.37. The van der Waals surface area contributed by atoms with Crippen molar-refractivity contribution in [2.75, 3.05) is 13.2 Å². The molecule has 0 spiro atoms. The van der Waals surface area contributed by atoms with E-state index in [1.165, 1.54) is 0 Å². The van der Waals surface area contributed by atoms with Crippen LogP contribution in [-0.4, -0.2) is 23.4 Å². The lowest BCUT2D eigenvalue weighted by atomic mass is 9.82. The average molecular weight is 416 g/mol. The van der Waals surface area contributed by atoms with Gasteiger partial charge in [-0.15, -0.1) is 5.10 Å². The first-order chi connectivity index (χ1) is 15.2. The van der Waals surface area contributed by atoms with Crippen molar-refractivity contribution in [3.63, 3.8) is 0 Å². The summed E-state index contributed by atoms with van der Waals surface area (Å²) in [6.07, 6.45) is 0.943. The molecule has 2 aromatic carbocycles. The van der Waals surface area contributed by atoms with Gasteiger partial charge in [0.05, 0.1) is 30.4 Å². The normalized spacial score (nSPS) is 15.1. The molecule has 0 aliphatic carbocycles. The number of para-hydroxylation sites is 1. The lowest BCUT2D eigenvalue weighted by Crippen LogP contribution is -2.21. The maximum atomic E-state index is 9.90. The van der Waals surface area contributed by atoms with Crippen LogP contribution < -0.4 is 19.9 Å². The van der Waals surface area contributed by atoms with Gasteiger partial charge < -0.3 is 19.9 Å². The first-order valence-electron chi connectivity index (χ1n) is 10.3. The number of rotatable bonds is 7. The quantitative estimate of drug-likeness (QED) is 0.588. The number of hydrogen-bond acceptors (Lipinski definition) is 6. The smallest absolute Gasteiger partial charge is 0.244 e. The zero-order valence-corrected chi connectivity index (χ0v) is 17.5. The van der Waals surface area contributed by atoms with Gasteiger partial charge in [0.15, 0.2) is 0 Å². The monoisotopic (exact) mass is 416 g/mol. The number of nitrogens with one attached hydrogen (secondary N) is 1. The molecule has 4 rings (SSSR count). The van der Waals surface area contributed by atoms with Crippen LogP contribution in [0.1, 0.15) is 37.3 Å². The van der Waals surface area contributed by atoms with Crippen LogP contribution in [0.25, 0.3) is 11.3 Å². The van der Waals surface area contributed by atoms with Gasteiger partial charge in [0.2, 0.25) is 11.8 Å². The molecule has 1 atom stereocenters. The summed E-state index contributed by atoms with van der Waals surface area (Å²) in [5.41, 5.74) is 9.66. The number of H-pyrrole nitrogens is 1. The Kier molecular flexibility index (Phi) is 5.80. The van der Waals surface area contributed by atoms with Crippen LogP contribution in [-0.2, 0) is 0 Å². The van der Waals surface area contributed by atoms with Crippen LogP contribution in [0.3, 0.4) is 0 Å². The summed E-state index contributed by atoms with van der Waals surface area (Å²) in [5, 5.41) is 17.3. The second-order valence-corrected chi connectivity index (χ2v) is 7.09. The Balaban J connectivity index is 1.84. The fourth-order valence-electron chi connectivity index (χ4n) is 3.72. The van der Waals surface area contributed by atoms with Crippen molar-refractivity contribution in [3.8, 4) is 34.7 Å². The van der Waals surface area contributed by atoms with Gasteiger partial charge in [-0.05, 0) is 43.7 Å². The summed E-state index contributed by atoms with van der Waals surface area (Å²) in [5.74, 6) is 1.43. The third kappa shape index (κ3) is 3.80. The standard InChI is InChI=1S/C24H24N4O3/c1-3-13-30-16-11-9-15(10-12-16)22-21-20(17-7-5-6-8-19(17)29-4-2)18(14-25)23(26)31-24(21)28-27-22/h5-12,20H,3-4,13,26H2,1-2H3,(H,27,28)/t20-/m1/s1. The highest BCUT2D eigenvalue weighted by molar-refractivity contribution is 5.72. The van der Waals surface area contributed by atoms with E-state index < -0.39 is 5.92 Å². The molecule has 158 valence electrons. The zero-order chi connectivity index (χ0) is 21.8. The van der Waals surface area contributed by atoms with Crippen molar-refractivity contribution in [1.29, 1.82) is 5.26 Å². The lowest BCUT2D eigenvalue weighted by Gasteiger charge is -2.25. The van der Waals surface area contributed by atoms with Crippen LogP contribution in [0.5, 0.6) is 17.4 Å². The molecular weight excluding hydrogens is 392 g/mol. The minimum absolute atomic E-state index is 0.0488. The molecule has 1 aliphatic rings. The molecule has 1 aromatic heterocycles. The minimum atomic E-state index is -0.471. The number of aromatic amines is 1. The summed E-state index contributed by atoms with van der Waals surface area (Å²) >= 11 is 0. The first kappa shape index (κ1) is 20.4. The third-order valence-electron chi connectivity index (χ3n) is 5.08. The number of nitrogens with zero attached hydrogens (tertiary/aromatic N) is 2. The average Bonchev–Trinajstić information content (AvgIpc) is 3.21. The van der Waals surface area contributed by atoms with E-state index in [0.29, 0.717) is 30.4 Å². The van der Waals surface area contributed by atoms with Crippen molar-refractivity contribution in [2.24, 2.45) is 5.73 Å². The van der Waals surface area contributed by atoms with Gasteiger partial charge in [-0.2, -0.15) is 5.26 Å². The van der Waals surface area contributed by atoms with E-state index in [1.54, 1.807) is 0 Å². The summed E-state index contributed by atoms with van der Waals surface area (Å²) in [4.78, 5) is 0. The molecule has 0 radical (unpaired) electrons. The third-order valence-corrected chi connectivity index (χ3v) is 5.08. The molecular formula is C24H24N4O3. The Hall–Kier alpha value is -3.92. The van der Waals surface area contributed by atoms with Crippen molar-refractivity contribution in [3.05, 3.63) is 71.1 Å². The van der Waals surface area contributed by atoms with E-state index in [1.807, 2.05) is 55.5 Å². The van der Waals surface area contributed by atoms with Crippen molar-refractivity contribution >= 4 is 0 Å². The highest BCUT2D eigenvalue weighted by atomic mass is 16.5. The van der Waals surface area contributed by atoms with Gasteiger partial charge in [-0.3, -0.25) is 5.10 Å². The number of allylic oxidation sites excluding steroid dienone is 1. The SMILES string of the molecule is CCCOc1ccc(-c2[nH]nc3c2[C@H](c2ccccc2OCC)C(C#N)=C(N)O3)cc1. The molecule has 2 heterocycles. The second kappa shape index (κ2) is 8.84. The van der Waals surface area contributed by atoms with E-state index in [0.717, 1.165) is 34.6 Å². The summed E-state index contributed by atoms with van der Waals surface area (Å²) in [6, 6.07) is 17.6. The molecule has 0 fully saturated rings. The van der Waals surface area contributed by atoms with Crippen LogP contribution in [0, 0.1) is 11.3 Å². The Labute approximate surface area is 181 Å². The summed E-state index contributed by atoms with van der Waals surface area (Å²) in [7, 11) is 0. The van der Waals surface area contributed by atoms with E-state index in [-0.39, 0.29) is 5.88 Å². The number of aromatic nitrogens is 2. The largest absolute Gasteiger partial charge is 0.494 e. The molecule has 31 heavy (non-hydrogen) atoms. The first-order valence-corrected chi connectivity index (χ1v) is 10.3. The number of hydrogen-bond donors (Lipinski definition) is 2. The predicted molar refractivity (Wildman–Crippen MR) is 117 cm³/mol. The van der Waals surface area contributed by atoms with Gasteiger partial charge in [0, 0.05) is 11.1 Å². The Morgan fingerprint density at radius 2 is 1.90 bits per heavy atom. The van der Waals surface area contributed by atoms with Crippen molar-refractivity contribution < 1.29 is 14.2 Å². The molecule has 7 heteroatoms. The predicted octanol–water partition coefficient (Wildman–Crippen LogP) is 4.48. The maximum absolute atomic E-state index is 9.90. The number of nitriles is 1. The number of fused-ring (bicyclic) bond motifs is 1. The number of nitrogens with two attached hydrogens (primary N) is 1. The molecule has 0 bridgehead atoms. The van der Waals surface area contributed by atoms with E-state index >= 15 is 0 Å². The Morgan fingerprint density at radius 1 is 1.13 bits per heavy atom.